The largest absolute Gasteiger partial charge is 0.495 e. The fraction of sp³-hybridized carbons (Fsp3) is 0.263. The van der Waals surface area contributed by atoms with Crippen molar-refractivity contribution < 1.29 is 36.3 Å². The van der Waals surface area contributed by atoms with Gasteiger partial charge in [0.15, 0.2) is 0 Å². The second kappa shape index (κ2) is 11.0. The van der Waals surface area contributed by atoms with E-state index in [2.05, 4.69) is 10.9 Å². The molecular formula is C19H23ClN4O8S2. The van der Waals surface area contributed by atoms with E-state index in [9.17, 15) is 31.5 Å². The molecule has 0 aliphatic carbocycles. The van der Waals surface area contributed by atoms with Gasteiger partial charge < -0.3 is 9.84 Å². The molecule has 0 spiro atoms. The lowest BCUT2D eigenvalue weighted by molar-refractivity contribution is -0.139. The predicted molar refractivity (Wildman–Crippen MR) is 123 cm³/mol. The van der Waals surface area contributed by atoms with E-state index in [1.807, 2.05) is 4.72 Å². The van der Waals surface area contributed by atoms with Crippen LogP contribution in [0, 0.1) is 6.92 Å². The molecule has 0 aliphatic rings. The van der Waals surface area contributed by atoms with Crippen LogP contribution in [0.2, 0.25) is 5.02 Å². The summed E-state index contributed by atoms with van der Waals surface area (Å²) in [5.41, 5.74) is 5.72. The van der Waals surface area contributed by atoms with E-state index in [4.69, 9.17) is 21.5 Å². The fourth-order valence-corrected chi connectivity index (χ4v) is 4.84. The van der Waals surface area contributed by atoms with Crippen LogP contribution >= 0.6 is 11.6 Å². The predicted octanol–water partition coefficient (Wildman–Crippen LogP) is 0.959. The lowest BCUT2D eigenvalue weighted by atomic mass is 10.1. The second-order valence-corrected chi connectivity index (χ2v) is 10.7. The van der Waals surface area contributed by atoms with Gasteiger partial charge in [0.2, 0.25) is 26.0 Å². The van der Waals surface area contributed by atoms with Crippen molar-refractivity contribution in [3.8, 4) is 5.75 Å². The summed E-state index contributed by atoms with van der Waals surface area (Å²) >= 11 is 6.01. The summed E-state index contributed by atoms with van der Waals surface area (Å²) in [6, 6.07) is 6.10. The van der Waals surface area contributed by atoms with Crippen LogP contribution in [0.1, 0.15) is 18.4 Å². The van der Waals surface area contributed by atoms with E-state index in [0.717, 1.165) is 6.07 Å². The molecule has 2 aromatic carbocycles. The third kappa shape index (κ3) is 7.30. The summed E-state index contributed by atoms with van der Waals surface area (Å²) in [5.74, 6) is -2.15. The Labute approximate surface area is 201 Å². The number of nitrogens with one attached hydrogen (secondary N) is 3. The summed E-state index contributed by atoms with van der Waals surface area (Å²) < 4.78 is 55.1. The van der Waals surface area contributed by atoms with Gasteiger partial charge in [0, 0.05) is 11.4 Å². The molecule has 2 rings (SSSR count). The van der Waals surface area contributed by atoms with Crippen LogP contribution in [0.25, 0.3) is 0 Å². The smallest absolute Gasteiger partial charge is 0.321 e. The maximum absolute atomic E-state index is 12.8. The number of hydrazine groups is 1. The molecule has 0 fully saturated rings. The SMILES string of the molecule is COc1cc(C)c(Cl)cc1S(=O)(=O)NC(CCC(=O)NNc1ccc(S(N)(=O)=O)cc1)C(=O)O. The molecule has 6 N–H and O–H groups in total. The topological polar surface area (TPSA) is 194 Å². The van der Waals surface area contributed by atoms with Crippen molar-refractivity contribution in [3.63, 3.8) is 0 Å². The number of hydrogen-bond donors (Lipinski definition) is 5. The summed E-state index contributed by atoms with van der Waals surface area (Å²) in [4.78, 5) is 23.2. The Morgan fingerprint density at radius 3 is 2.29 bits per heavy atom. The molecule has 1 atom stereocenters. The van der Waals surface area contributed by atoms with Crippen LogP contribution in [-0.4, -0.2) is 47.0 Å². The van der Waals surface area contributed by atoms with Crippen LogP contribution in [-0.2, 0) is 29.6 Å². The van der Waals surface area contributed by atoms with Crippen LogP contribution in [0.5, 0.6) is 5.75 Å². The number of benzene rings is 2. The van der Waals surface area contributed by atoms with Crippen molar-refractivity contribution in [1.82, 2.24) is 10.1 Å². The zero-order chi connectivity index (χ0) is 25.7. The number of carbonyl (C=O) groups excluding carboxylic acids is 1. The Kier molecular flexibility index (Phi) is 8.85. The van der Waals surface area contributed by atoms with Crippen molar-refractivity contribution in [3.05, 3.63) is 47.0 Å². The maximum atomic E-state index is 12.8. The molecule has 15 heteroatoms. The molecule has 0 aliphatic heterocycles. The summed E-state index contributed by atoms with van der Waals surface area (Å²) in [6.07, 6.45) is -0.720. The van der Waals surface area contributed by atoms with Gasteiger partial charge >= 0.3 is 5.97 Å². The molecule has 0 bridgehead atoms. The van der Waals surface area contributed by atoms with Crippen LogP contribution in [0.4, 0.5) is 5.69 Å². The van der Waals surface area contributed by atoms with Gasteiger partial charge in [-0.1, -0.05) is 11.6 Å². The standard InChI is InChI=1S/C19H23ClN4O8S2/c1-11-9-16(32-2)17(10-14(11)20)34(30,31)24-15(19(26)27)7-8-18(25)23-22-12-3-5-13(6-4-12)33(21,28)29/h3-6,9-10,15,22,24H,7-8H2,1-2H3,(H,23,25)(H,26,27)(H2,21,28,29). The molecule has 0 radical (unpaired) electrons. The lowest BCUT2D eigenvalue weighted by Gasteiger charge is -2.17. The van der Waals surface area contributed by atoms with Crippen molar-refractivity contribution in [2.45, 2.75) is 35.6 Å². The monoisotopic (exact) mass is 534 g/mol. The molecule has 2 aromatic rings. The number of halogens is 1. The number of hydrogen-bond acceptors (Lipinski definition) is 8. The number of aryl methyl sites for hydroxylation is 1. The van der Waals surface area contributed by atoms with Gasteiger partial charge in [-0.15, -0.1) is 0 Å². The Morgan fingerprint density at radius 1 is 1.15 bits per heavy atom. The first-order chi connectivity index (χ1) is 15.7. The highest BCUT2D eigenvalue weighted by Gasteiger charge is 2.29. The Morgan fingerprint density at radius 2 is 1.76 bits per heavy atom. The Hall–Kier alpha value is -2.91. The number of ether oxygens (including phenoxy) is 1. The average Bonchev–Trinajstić information content (AvgIpc) is 2.76. The highest BCUT2D eigenvalue weighted by Crippen LogP contribution is 2.30. The number of amides is 1. The number of nitrogens with two attached hydrogens (primary N) is 1. The van der Waals surface area contributed by atoms with Crippen molar-refractivity contribution >= 4 is 49.2 Å². The van der Waals surface area contributed by atoms with Crippen molar-refractivity contribution in [2.75, 3.05) is 12.5 Å². The molecule has 0 saturated heterocycles. The highest BCUT2D eigenvalue weighted by atomic mass is 35.5. The lowest BCUT2D eigenvalue weighted by Crippen LogP contribution is -2.42. The number of rotatable bonds is 11. The molecule has 0 saturated carbocycles. The van der Waals surface area contributed by atoms with Crippen LogP contribution in [0.3, 0.4) is 0 Å². The van der Waals surface area contributed by atoms with Gasteiger partial charge in [-0.3, -0.25) is 20.4 Å². The number of carbonyl (C=O) groups is 2. The van der Waals surface area contributed by atoms with Crippen molar-refractivity contribution in [2.24, 2.45) is 5.14 Å². The first-order valence-corrected chi connectivity index (χ1v) is 12.9. The van der Waals surface area contributed by atoms with E-state index in [-0.39, 0.29) is 33.4 Å². The number of sulfonamides is 2. The minimum absolute atomic E-state index is 0.0195. The zero-order valence-electron chi connectivity index (χ0n) is 18.0. The minimum Gasteiger partial charge on any atom is -0.495 e. The van der Waals surface area contributed by atoms with Gasteiger partial charge in [0.25, 0.3) is 0 Å². The molecule has 0 aromatic heterocycles. The molecule has 1 unspecified atom stereocenters. The zero-order valence-corrected chi connectivity index (χ0v) is 20.4. The molecule has 34 heavy (non-hydrogen) atoms. The fourth-order valence-electron chi connectivity index (χ4n) is 2.70. The highest BCUT2D eigenvalue weighted by molar-refractivity contribution is 7.89. The van der Waals surface area contributed by atoms with Crippen LogP contribution in [0.15, 0.2) is 46.2 Å². The van der Waals surface area contributed by atoms with E-state index >= 15 is 0 Å². The van der Waals surface area contributed by atoms with E-state index in [0.29, 0.717) is 11.3 Å². The van der Waals surface area contributed by atoms with Gasteiger partial charge in [-0.2, -0.15) is 4.72 Å². The van der Waals surface area contributed by atoms with E-state index in [1.165, 1.54) is 37.4 Å². The van der Waals surface area contributed by atoms with Gasteiger partial charge in [0.05, 0.1) is 17.7 Å². The van der Waals surface area contributed by atoms with Gasteiger partial charge in [0.1, 0.15) is 16.7 Å². The Balaban J connectivity index is 2.02. The molecular weight excluding hydrogens is 512 g/mol. The first kappa shape index (κ1) is 27.3. The quantitative estimate of drug-likeness (QED) is 0.261. The average molecular weight is 535 g/mol. The maximum Gasteiger partial charge on any atom is 0.321 e. The van der Waals surface area contributed by atoms with Crippen LogP contribution < -0.4 is 25.4 Å². The van der Waals surface area contributed by atoms with Gasteiger partial charge in [-0.05, 0) is 55.3 Å². The third-order valence-electron chi connectivity index (χ3n) is 4.52. The molecule has 1 amide bonds. The molecule has 12 nitrogen and oxygen atoms in total. The van der Waals surface area contributed by atoms with Crippen molar-refractivity contribution in [1.29, 1.82) is 0 Å². The molecule has 186 valence electrons. The first-order valence-electron chi connectivity index (χ1n) is 9.51. The number of carboxylic acid groups (broad SMARTS) is 1. The third-order valence-corrected chi connectivity index (χ3v) is 7.35. The van der Waals surface area contributed by atoms with E-state index < -0.39 is 38.0 Å². The summed E-state index contributed by atoms with van der Waals surface area (Å²) in [7, 11) is -6.96. The summed E-state index contributed by atoms with van der Waals surface area (Å²) in [5, 5.41) is 14.6. The van der Waals surface area contributed by atoms with E-state index in [1.54, 1.807) is 6.92 Å². The second-order valence-electron chi connectivity index (χ2n) is 7.05. The molecule has 0 heterocycles. The Bertz CT molecular complexity index is 1280. The minimum atomic E-state index is -4.35. The van der Waals surface area contributed by atoms with Gasteiger partial charge in [-0.25, -0.2) is 22.0 Å². The number of carboxylic acids is 1. The number of primary sulfonamides is 1. The number of anilines is 1. The summed E-state index contributed by atoms with van der Waals surface area (Å²) in [6.45, 7) is 1.65. The number of aliphatic carboxylic acids is 1. The number of methoxy groups -OCH3 is 1. The normalized spacial score (nSPS) is 12.6.